The highest BCUT2D eigenvalue weighted by Gasteiger charge is 2.34. The summed E-state index contributed by atoms with van der Waals surface area (Å²) >= 11 is 0. The molecule has 6 unspecified atom stereocenters. The molecule has 6 atom stereocenters. The highest BCUT2D eigenvalue weighted by atomic mass is 31.2. The average molecular weight is 979 g/mol. The molecule has 28 heteroatoms. The molecular formula is C35H70BO24P3. The summed E-state index contributed by atoms with van der Waals surface area (Å²) in [6, 6.07) is -0.149. The van der Waals surface area contributed by atoms with Crippen LogP contribution in [0.3, 0.4) is 0 Å². The normalized spacial score (nSPS) is 19.4. The second kappa shape index (κ2) is 40.5. The molecule has 0 spiro atoms. The molecule has 0 amide bonds. The fraction of sp³-hybridized carbons (Fsp3) is 0.943. The largest absolute Gasteiger partial charge is 0.472 e. The maximum atomic E-state index is 12.0. The molecule has 0 aliphatic carbocycles. The summed E-state index contributed by atoms with van der Waals surface area (Å²) in [4.78, 5) is 29.0. The topological polar surface area (TPSA) is 289 Å². The first kappa shape index (κ1) is 60.5. The SMILES string of the molecule is BC1CC(O)C(COP(=O)(O)OCCOCCOCCOCCOCCOCCOP(=O)(O)OCCOCCOCCOCCOCCOCCOP(=O)(O)OCCCCC#C)O1. The Morgan fingerprint density at radius 1 is 0.460 bits per heavy atom. The Morgan fingerprint density at radius 2 is 0.730 bits per heavy atom. The van der Waals surface area contributed by atoms with E-state index in [9.17, 15) is 33.5 Å². The van der Waals surface area contributed by atoms with E-state index in [4.69, 9.17) is 85.7 Å². The molecule has 1 aliphatic rings. The molecule has 0 bridgehead atoms. The molecule has 63 heavy (non-hydrogen) atoms. The molecule has 372 valence electrons. The van der Waals surface area contributed by atoms with Gasteiger partial charge >= 0.3 is 23.5 Å². The van der Waals surface area contributed by atoms with Crippen molar-refractivity contribution in [1.82, 2.24) is 0 Å². The number of phosphoric ester groups is 3. The van der Waals surface area contributed by atoms with Crippen molar-refractivity contribution in [2.45, 2.75) is 43.9 Å². The summed E-state index contributed by atoms with van der Waals surface area (Å²) in [5, 5.41) is 9.80. The lowest BCUT2D eigenvalue weighted by molar-refractivity contribution is -0.0186. The van der Waals surface area contributed by atoms with Crippen LogP contribution in [0.15, 0.2) is 0 Å². The standard InChI is InChI=1S/C35H70BO24P3/c1-2-3-4-5-6-54-61(38,39)55-27-23-50-19-15-46-11-7-44-8-12-47-16-20-51-24-28-56-62(40,41)57-29-25-52-21-17-48-13-9-45-10-14-49-18-22-53-26-30-58-63(42,43)59-32-34-33(37)31-35(36)60-34/h1,33-35,37H,3-32,36H2,(H,38,39)(H,40,41)(H,42,43). The quantitative estimate of drug-likeness (QED) is 0.0279. The van der Waals surface area contributed by atoms with Gasteiger partial charge in [-0.15, -0.1) is 12.3 Å². The van der Waals surface area contributed by atoms with Gasteiger partial charge in [-0.25, -0.2) is 13.7 Å². The molecule has 0 radical (unpaired) electrons. The first-order valence-corrected chi connectivity index (χ1v) is 25.2. The smallest absolute Gasteiger partial charge is 0.390 e. The summed E-state index contributed by atoms with van der Waals surface area (Å²) < 4.78 is 124. The van der Waals surface area contributed by atoms with Crippen molar-refractivity contribution in [3.05, 3.63) is 0 Å². The van der Waals surface area contributed by atoms with Gasteiger partial charge in [-0.1, -0.05) is 0 Å². The van der Waals surface area contributed by atoms with Crippen molar-refractivity contribution < 1.29 is 113 Å². The molecular weight excluding hydrogens is 908 g/mol. The Balaban J connectivity index is 1.75. The minimum absolute atomic E-state index is 0.0571. The average Bonchev–Trinajstić information content (AvgIpc) is 3.57. The molecule has 1 aliphatic heterocycles. The van der Waals surface area contributed by atoms with Crippen molar-refractivity contribution in [3.8, 4) is 12.3 Å². The first-order valence-electron chi connectivity index (χ1n) is 20.8. The molecule has 1 heterocycles. The van der Waals surface area contributed by atoms with Crippen LogP contribution < -0.4 is 0 Å². The molecule has 1 fully saturated rings. The third-order valence-corrected chi connectivity index (χ3v) is 10.7. The van der Waals surface area contributed by atoms with Crippen LogP contribution in [0, 0.1) is 12.3 Å². The Labute approximate surface area is 371 Å². The number of rotatable bonds is 48. The van der Waals surface area contributed by atoms with Crippen LogP contribution in [-0.2, 0) is 92.9 Å². The minimum atomic E-state index is -4.29. The summed E-state index contributed by atoms with van der Waals surface area (Å²) in [5.41, 5.74) is 0. The van der Waals surface area contributed by atoms with Gasteiger partial charge in [-0.05, 0) is 19.3 Å². The van der Waals surface area contributed by atoms with E-state index in [0.29, 0.717) is 98.4 Å². The maximum Gasteiger partial charge on any atom is 0.472 e. The molecule has 1 rings (SSSR count). The van der Waals surface area contributed by atoms with E-state index in [0.717, 1.165) is 0 Å². The maximum absolute atomic E-state index is 12.0. The first-order chi connectivity index (χ1) is 30.4. The molecule has 24 nitrogen and oxygen atoms in total. The van der Waals surface area contributed by atoms with Crippen LogP contribution >= 0.6 is 23.5 Å². The van der Waals surface area contributed by atoms with Crippen molar-refractivity contribution in [3.63, 3.8) is 0 Å². The van der Waals surface area contributed by atoms with E-state index < -0.39 is 35.7 Å². The van der Waals surface area contributed by atoms with Crippen molar-refractivity contribution in [1.29, 1.82) is 0 Å². The van der Waals surface area contributed by atoms with Gasteiger partial charge in [0, 0.05) is 12.4 Å². The summed E-state index contributed by atoms with van der Waals surface area (Å²) in [6.07, 6.45) is 6.01. The van der Waals surface area contributed by atoms with Crippen LogP contribution in [0.4, 0.5) is 0 Å². The fourth-order valence-electron chi connectivity index (χ4n) is 4.68. The van der Waals surface area contributed by atoms with E-state index in [1.54, 1.807) is 7.85 Å². The third kappa shape index (κ3) is 40.3. The van der Waals surface area contributed by atoms with Gasteiger partial charge in [0.1, 0.15) is 14.0 Å². The van der Waals surface area contributed by atoms with Gasteiger partial charge in [0.25, 0.3) is 0 Å². The van der Waals surface area contributed by atoms with Gasteiger partial charge in [0.2, 0.25) is 0 Å². The summed E-state index contributed by atoms with van der Waals surface area (Å²) in [6.45, 7) is 4.52. The Kier molecular flexibility index (Phi) is 38.9. The summed E-state index contributed by atoms with van der Waals surface area (Å²) in [7, 11) is -10.9. The zero-order valence-electron chi connectivity index (χ0n) is 36.3. The predicted octanol–water partition coefficient (Wildman–Crippen LogP) is 0.466. The number of ether oxygens (including phenoxy) is 11. The van der Waals surface area contributed by atoms with Crippen LogP contribution in [0.2, 0.25) is 0 Å². The number of terminal acetylenes is 1. The second-order valence-electron chi connectivity index (χ2n) is 12.9. The lowest BCUT2D eigenvalue weighted by Gasteiger charge is -2.17. The molecule has 0 saturated carbocycles. The Bertz CT molecular complexity index is 1260. The van der Waals surface area contributed by atoms with E-state index in [1.807, 2.05) is 0 Å². The highest BCUT2D eigenvalue weighted by molar-refractivity contribution is 7.47. The van der Waals surface area contributed by atoms with E-state index in [-0.39, 0.29) is 105 Å². The summed E-state index contributed by atoms with van der Waals surface area (Å²) in [5.74, 6) is 2.48. The molecule has 0 aromatic rings. The minimum Gasteiger partial charge on any atom is -0.390 e. The lowest BCUT2D eigenvalue weighted by atomic mass is 9.96. The molecule has 1 saturated heterocycles. The van der Waals surface area contributed by atoms with Crippen molar-refractivity contribution in [2.24, 2.45) is 0 Å². The van der Waals surface area contributed by atoms with Crippen molar-refractivity contribution in [2.75, 3.05) is 172 Å². The Hall–Kier alpha value is -0.525. The van der Waals surface area contributed by atoms with Crippen LogP contribution in [0.1, 0.15) is 25.7 Å². The number of aliphatic hydroxyl groups is 1. The predicted molar refractivity (Wildman–Crippen MR) is 224 cm³/mol. The van der Waals surface area contributed by atoms with E-state index >= 15 is 0 Å². The number of aliphatic hydroxyl groups excluding tert-OH is 1. The van der Waals surface area contributed by atoms with Crippen LogP contribution in [0.25, 0.3) is 0 Å². The molecule has 0 aromatic carbocycles. The van der Waals surface area contributed by atoms with Gasteiger partial charge in [0.05, 0.1) is 178 Å². The highest BCUT2D eigenvalue weighted by Crippen LogP contribution is 2.44. The third-order valence-electron chi connectivity index (χ3n) is 7.69. The van der Waals surface area contributed by atoms with Crippen LogP contribution in [-0.4, -0.2) is 218 Å². The van der Waals surface area contributed by atoms with Crippen LogP contribution in [0.5, 0.6) is 0 Å². The number of hydrogen-bond acceptors (Lipinski definition) is 21. The Morgan fingerprint density at radius 3 is 1.00 bits per heavy atom. The zero-order valence-corrected chi connectivity index (χ0v) is 39.0. The fourth-order valence-corrected chi connectivity index (χ4v) is 6.82. The number of unbranched alkanes of at least 4 members (excludes halogenated alkanes) is 2. The zero-order chi connectivity index (χ0) is 46.2. The van der Waals surface area contributed by atoms with Gasteiger partial charge < -0.3 is 71.9 Å². The number of hydrogen-bond donors (Lipinski definition) is 4. The van der Waals surface area contributed by atoms with Gasteiger partial charge in [0.15, 0.2) is 0 Å². The van der Waals surface area contributed by atoms with E-state index in [1.165, 1.54) is 0 Å². The van der Waals surface area contributed by atoms with Crippen molar-refractivity contribution >= 4 is 31.3 Å². The second-order valence-corrected chi connectivity index (χ2v) is 17.3. The van der Waals surface area contributed by atoms with Gasteiger partial charge in [-0.3, -0.25) is 27.1 Å². The monoisotopic (exact) mass is 978 g/mol. The number of phosphoric acid groups is 3. The molecule has 4 N–H and O–H groups in total. The molecule has 0 aromatic heterocycles. The van der Waals surface area contributed by atoms with E-state index in [2.05, 4.69) is 5.92 Å². The van der Waals surface area contributed by atoms with Gasteiger partial charge in [-0.2, -0.15) is 0 Å². The lowest BCUT2D eigenvalue weighted by Crippen LogP contribution is -2.26.